The maximum Gasteiger partial charge on any atom is 0.257 e. The fourth-order valence-electron chi connectivity index (χ4n) is 3.54. The van der Waals surface area contributed by atoms with Crippen LogP contribution in [0.2, 0.25) is 0 Å². The number of nitrogens with zero attached hydrogens (tertiary/aromatic N) is 2. The molecule has 1 fully saturated rings. The zero-order valence-corrected chi connectivity index (χ0v) is 19.3. The maximum absolute atomic E-state index is 13.2. The second kappa shape index (κ2) is 9.85. The van der Waals surface area contributed by atoms with E-state index in [9.17, 15) is 13.2 Å². The highest BCUT2D eigenvalue weighted by Gasteiger charge is 2.26. The Bertz CT molecular complexity index is 985. The Balaban J connectivity index is 1.86. The number of carbonyl (C=O) groups excluding carboxylic acids is 1. The van der Waals surface area contributed by atoms with Crippen molar-refractivity contribution < 1.29 is 17.9 Å². The summed E-state index contributed by atoms with van der Waals surface area (Å²) in [5.74, 6) is 0.207. The summed E-state index contributed by atoms with van der Waals surface area (Å²) < 4.78 is 33.0. The van der Waals surface area contributed by atoms with Gasteiger partial charge in [0.2, 0.25) is 10.0 Å². The van der Waals surface area contributed by atoms with Gasteiger partial charge in [-0.3, -0.25) is 4.79 Å². The Morgan fingerprint density at radius 3 is 2.37 bits per heavy atom. The molecular formula is C22H28N2O4S2. The summed E-state index contributed by atoms with van der Waals surface area (Å²) in [6.07, 6.45) is 5.03. The highest BCUT2D eigenvalue weighted by molar-refractivity contribution is 7.98. The van der Waals surface area contributed by atoms with Gasteiger partial charge in [0.15, 0.2) is 0 Å². The SMILES string of the molecule is COc1ccc(S(=O)(=O)N(C)Cc2ccc(SC)cc2)cc1C(=O)N1CCCCC1. The molecule has 0 radical (unpaired) electrons. The molecule has 0 saturated carbocycles. The Labute approximate surface area is 183 Å². The van der Waals surface area contributed by atoms with Crippen molar-refractivity contribution in [3.8, 4) is 5.75 Å². The largest absolute Gasteiger partial charge is 0.496 e. The highest BCUT2D eigenvalue weighted by atomic mass is 32.2. The first-order valence-corrected chi connectivity index (χ1v) is 12.6. The molecule has 162 valence electrons. The molecule has 0 aliphatic carbocycles. The molecular weight excluding hydrogens is 420 g/mol. The van der Waals surface area contributed by atoms with Gasteiger partial charge >= 0.3 is 0 Å². The van der Waals surface area contributed by atoms with Gasteiger partial charge in [0.05, 0.1) is 17.6 Å². The number of benzene rings is 2. The number of sulfonamides is 1. The predicted octanol–water partition coefficient (Wildman–Crippen LogP) is 3.86. The second-order valence-electron chi connectivity index (χ2n) is 7.32. The second-order valence-corrected chi connectivity index (χ2v) is 10.2. The first-order chi connectivity index (χ1) is 14.4. The van der Waals surface area contributed by atoms with Gasteiger partial charge in [0.25, 0.3) is 5.91 Å². The van der Waals surface area contributed by atoms with Gasteiger partial charge in [-0.25, -0.2) is 8.42 Å². The summed E-state index contributed by atoms with van der Waals surface area (Å²) in [5.41, 5.74) is 1.19. The summed E-state index contributed by atoms with van der Waals surface area (Å²) in [6.45, 7) is 1.62. The molecule has 0 spiro atoms. The third-order valence-corrected chi connectivity index (χ3v) is 7.86. The molecule has 0 unspecified atom stereocenters. The van der Waals surface area contributed by atoms with Crippen molar-refractivity contribution >= 4 is 27.7 Å². The van der Waals surface area contributed by atoms with E-state index in [1.807, 2.05) is 30.5 Å². The third kappa shape index (κ3) is 4.99. The standard InChI is InChI=1S/C22H28N2O4S2/c1-23(16-17-7-9-18(29-3)10-8-17)30(26,27)19-11-12-21(28-2)20(15-19)22(25)24-13-5-4-6-14-24/h7-12,15H,4-6,13-14,16H2,1-3H3. The third-order valence-electron chi connectivity index (χ3n) is 5.32. The van der Waals surface area contributed by atoms with Crippen molar-refractivity contribution in [2.75, 3.05) is 33.5 Å². The topological polar surface area (TPSA) is 66.9 Å². The number of thioether (sulfide) groups is 1. The van der Waals surface area contributed by atoms with Gasteiger partial charge < -0.3 is 9.64 Å². The van der Waals surface area contributed by atoms with E-state index in [1.165, 1.54) is 23.5 Å². The van der Waals surface area contributed by atoms with E-state index in [-0.39, 0.29) is 22.9 Å². The normalized spacial score (nSPS) is 14.7. The number of methoxy groups -OCH3 is 1. The molecule has 2 aromatic rings. The first kappa shape index (κ1) is 22.7. The Kier molecular flexibility index (Phi) is 7.44. The lowest BCUT2D eigenvalue weighted by molar-refractivity contribution is 0.0720. The number of hydrogen-bond acceptors (Lipinski definition) is 5. The number of hydrogen-bond donors (Lipinski definition) is 0. The van der Waals surface area contributed by atoms with Crippen molar-refractivity contribution in [2.45, 2.75) is 35.6 Å². The van der Waals surface area contributed by atoms with Crippen molar-refractivity contribution in [1.29, 1.82) is 0 Å². The minimum Gasteiger partial charge on any atom is -0.496 e. The van der Waals surface area contributed by atoms with E-state index in [0.29, 0.717) is 18.8 Å². The molecule has 3 rings (SSSR count). The molecule has 0 atom stereocenters. The monoisotopic (exact) mass is 448 g/mol. The molecule has 0 aromatic heterocycles. The zero-order valence-electron chi connectivity index (χ0n) is 17.6. The molecule has 0 bridgehead atoms. The average Bonchev–Trinajstić information content (AvgIpc) is 2.79. The minimum absolute atomic E-state index is 0.0897. The fourth-order valence-corrected chi connectivity index (χ4v) is 5.13. The predicted molar refractivity (Wildman–Crippen MR) is 120 cm³/mol. The van der Waals surface area contributed by atoms with Gasteiger partial charge in [-0.2, -0.15) is 4.31 Å². The number of amides is 1. The van der Waals surface area contributed by atoms with Crippen molar-refractivity contribution in [3.05, 3.63) is 53.6 Å². The van der Waals surface area contributed by atoms with E-state index in [1.54, 1.807) is 29.8 Å². The van der Waals surface area contributed by atoms with Crippen molar-refractivity contribution in [3.63, 3.8) is 0 Å². The Morgan fingerprint density at radius 1 is 1.10 bits per heavy atom. The molecule has 1 heterocycles. The van der Waals surface area contributed by atoms with Crippen LogP contribution in [0.3, 0.4) is 0 Å². The average molecular weight is 449 g/mol. The number of ether oxygens (including phenoxy) is 1. The van der Waals surface area contributed by atoms with Gasteiger partial charge in [-0.1, -0.05) is 12.1 Å². The van der Waals surface area contributed by atoms with E-state index < -0.39 is 10.0 Å². The molecule has 1 amide bonds. The number of rotatable bonds is 7. The molecule has 30 heavy (non-hydrogen) atoms. The summed E-state index contributed by atoms with van der Waals surface area (Å²) in [5, 5.41) is 0. The van der Waals surface area contributed by atoms with Crippen LogP contribution in [-0.2, 0) is 16.6 Å². The molecule has 6 nitrogen and oxygen atoms in total. The molecule has 0 N–H and O–H groups in total. The zero-order chi connectivity index (χ0) is 21.7. The van der Waals surface area contributed by atoms with E-state index in [4.69, 9.17) is 4.74 Å². The van der Waals surface area contributed by atoms with Crippen LogP contribution in [-0.4, -0.2) is 57.0 Å². The van der Waals surface area contributed by atoms with Crippen LogP contribution < -0.4 is 4.74 Å². The van der Waals surface area contributed by atoms with E-state index in [0.717, 1.165) is 29.7 Å². The smallest absolute Gasteiger partial charge is 0.257 e. The van der Waals surface area contributed by atoms with E-state index in [2.05, 4.69) is 0 Å². The lowest BCUT2D eigenvalue weighted by Gasteiger charge is -2.27. The van der Waals surface area contributed by atoms with Crippen LogP contribution in [0.5, 0.6) is 5.75 Å². The van der Waals surface area contributed by atoms with Crippen molar-refractivity contribution in [1.82, 2.24) is 9.21 Å². The van der Waals surface area contributed by atoms with Crippen LogP contribution >= 0.6 is 11.8 Å². The molecule has 1 aliphatic heterocycles. The molecule has 1 saturated heterocycles. The molecule has 2 aromatic carbocycles. The Morgan fingerprint density at radius 2 is 1.77 bits per heavy atom. The number of piperidine rings is 1. The van der Waals surface area contributed by atoms with Crippen LogP contribution in [0.25, 0.3) is 0 Å². The maximum atomic E-state index is 13.2. The minimum atomic E-state index is -3.76. The van der Waals surface area contributed by atoms with Gasteiger partial charge in [0, 0.05) is 31.6 Å². The van der Waals surface area contributed by atoms with Gasteiger partial charge in [-0.05, 0) is 61.4 Å². The lowest BCUT2D eigenvalue weighted by atomic mass is 10.1. The fraction of sp³-hybridized carbons (Fsp3) is 0.409. The molecule has 1 aliphatic rings. The number of carbonyl (C=O) groups is 1. The van der Waals surface area contributed by atoms with Crippen LogP contribution in [0.1, 0.15) is 35.2 Å². The number of likely N-dealkylation sites (tertiary alicyclic amines) is 1. The summed E-state index contributed by atoms with van der Waals surface area (Å²) in [6, 6.07) is 12.3. The van der Waals surface area contributed by atoms with E-state index >= 15 is 0 Å². The summed E-state index contributed by atoms with van der Waals surface area (Å²) in [4.78, 5) is 16.0. The van der Waals surface area contributed by atoms with Gasteiger partial charge in [-0.15, -0.1) is 11.8 Å². The first-order valence-electron chi connectivity index (χ1n) is 9.93. The Hall–Kier alpha value is -2.03. The van der Waals surface area contributed by atoms with Crippen molar-refractivity contribution in [2.24, 2.45) is 0 Å². The van der Waals surface area contributed by atoms with Crippen LogP contribution in [0.15, 0.2) is 52.3 Å². The van der Waals surface area contributed by atoms with Gasteiger partial charge in [0.1, 0.15) is 5.75 Å². The summed E-state index contributed by atoms with van der Waals surface area (Å²) in [7, 11) is -0.726. The summed E-state index contributed by atoms with van der Waals surface area (Å²) >= 11 is 1.64. The van der Waals surface area contributed by atoms with Crippen LogP contribution in [0.4, 0.5) is 0 Å². The van der Waals surface area contributed by atoms with Crippen LogP contribution in [0, 0.1) is 0 Å². The lowest BCUT2D eigenvalue weighted by Crippen LogP contribution is -2.36. The molecule has 8 heteroatoms. The quantitative estimate of drug-likeness (QED) is 0.602. The highest BCUT2D eigenvalue weighted by Crippen LogP contribution is 2.27.